The fraction of sp³-hybridized carbons (Fsp3) is 0.583. The summed E-state index contributed by atoms with van der Waals surface area (Å²) in [5.41, 5.74) is -0.200. The van der Waals surface area contributed by atoms with Gasteiger partial charge in [-0.1, -0.05) is 18.5 Å². The lowest BCUT2D eigenvalue weighted by atomic mass is 10.0. The van der Waals surface area contributed by atoms with Gasteiger partial charge in [-0.2, -0.15) is 0 Å². The molecule has 1 aromatic rings. The normalized spacial score (nSPS) is 14.6. The quantitative estimate of drug-likeness (QED) is 0.750. The third-order valence-corrected chi connectivity index (χ3v) is 3.73. The third-order valence-electron chi connectivity index (χ3n) is 2.56. The number of nitrogens with zero attached hydrogens (tertiary/aromatic N) is 1. The molecular weight excluding hydrogens is 256 g/mol. The highest BCUT2D eigenvalue weighted by Gasteiger charge is 2.21. The van der Waals surface area contributed by atoms with Crippen molar-refractivity contribution < 1.29 is 5.11 Å². The first-order valence-electron chi connectivity index (χ1n) is 5.70. The highest BCUT2D eigenvalue weighted by Crippen LogP contribution is 2.21. The number of nitrogens with one attached hydrogen (secondary N) is 1. The van der Waals surface area contributed by atoms with Gasteiger partial charge in [-0.25, -0.2) is 4.98 Å². The number of hydrogen-bond acceptors (Lipinski definition) is 4. The van der Waals surface area contributed by atoms with Crippen LogP contribution in [0.4, 0.5) is 0 Å². The van der Waals surface area contributed by atoms with Gasteiger partial charge in [-0.15, -0.1) is 11.8 Å². The summed E-state index contributed by atoms with van der Waals surface area (Å²) < 4.78 is 0. The number of aromatic nitrogens is 1. The summed E-state index contributed by atoms with van der Waals surface area (Å²) in [4.78, 5) is 4.22. The van der Waals surface area contributed by atoms with Crippen LogP contribution in [-0.2, 0) is 0 Å². The van der Waals surface area contributed by atoms with E-state index < -0.39 is 0 Å². The van der Waals surface area contributed by atoms with Gasteiger partial charge in [-0.05, 0) is 32.0 Å². The molecule has 0 amide bonds. The van der Waals surface area contributed by atoms with Crippen molar-refractivity contribution in [1.82, 2.24) is 10.3 Å². The van der Waals surface area contributed by atoms with Crippen molar-refractivity contribution in [3.63, 3.8) is 0 Å². The van der Waals surface area contributed by atoms with Gasteiger partial charge in [0.15, 0.2) is 0 Å². The number of hydrogen-bond donors (Lipinski definition) is 2. The van der Waals surface area contributed by atoms with Crippen molar-refractivity contribution in [2.24, 2.45) is 0 Å². The monoisotopic (exact) mass is 274 g/mol. The number of aliphatic hydroxyl groups excluding tert-OH is 1. The van der Waals surface area contributed by atoms with Crippen LogP contribution in [0, 0.1) is 0 Å². The van der Waals surface area contributed by atoms with E-state index in [4.69, 9.17) is 11.6 Å². The molecule has 5 heteroatoms. The molecule has 1 unspecified atom stereocenters. The van der Waals surface area contributed by atoms with Crippen molar-refractivity contribution in [2.45, 2.75) is 30.8 Å². The van der Waals surface area contributed by atoms with Crippen LogP contribution in [0.1, 0.15) is 20.3 Å². The molecule has 1 aromatic heterocycles. The Labute approximate surface area is 112 Å². The molecule has 0 aromatic carbocycles. The van der Waals surface area contributed by atoms with Gasteiger partial charge in [0.05, 0.1) is 16.7 Å². The van der Waals surface area contributed by atoms with Crippen molar-refractivity contribution in [2.75, 3.05) is 18.9 Å². The predicted octanol–water partition coefficient (Wildman–Crippen LogP) is 2.58. The smallest absolute Gasteiger partial charge is 0.0960 e. The standard InChI is InChI=1S/C12H19ClN2OS/c1-3-15-12(2,9-16)6-7-17-11-5-4-10(13)8-14-11/h4-5,8,15-16H,3,6-7,9H2,1-2H3. The first-order chi connectivity index (χ1) is 8.09. The summed E-state index contributed by atoms with van der Waals surface area (Å²) in [5.74, 6) is 0.915. The second-order valence-corrected chi connectivity index (χ2v) is 5.71. The number of aliphatic hydroxyl groups is 1. The lowest BCUT2D eigenvalue weighted by Crippen LogP contribution is -2.46. The van der Waals surface area contributed by atoms with Crippen LogP contribution in [0.15, 0.2) is 23.4 Å². The average Bonchev–Trinajstić information content (AvgIpc) is 2.32. The lowest BCUT2D eigenvalue weighted by molar-refractivity contribution is 0.173. The van der Waals surface area contributed by atoms with Crippen LogP contribution in [0.25, 0.3) is 0 Å². The first kappa shape index (κ1) is 14.8. The second kappa shape index (κ2) is 7.21. The molecule has 1 atom stereocenters. The van der Waals surface area contributed by atoms with E-state index in [0.717, 1.165) is 23.7 Å². The van der Waals surface area contributed by atoms with Crippen LogP contribution in [-0.4, -0.2) is 34.5 Å². The number of rotatable bonds is 7. The Morgan fingerprint density at radius 2 is 2.29 bits per heavy atom. The van der Waals surface area contributed by atoms with E-state index in [2.05, 4.69) is 10.3 Å². The second-order valence-electron chi connectivity index (χ2n) is 4.16. The number of likely N-dealkylation sites (N-methyl/N-ethyl adjacent to an activating group) is 1. The van der Waals surface area contributed by atoms with Crippen molar-refractivity contribution >= 4 is 23.4 Å². The molecule has 1 rings (SSSR count). The molecule has 0 saturated heterocycles. The molecular formula is C12H19ClN2OS. The van der Waals surface area contributed by atoms with Crippen LogP contribution in [0.5, 0.6) is 0 Å². The summed E-state index contributed by atoms with van der Waals surface area (Å²) in [6.07, 6.45) is 2.55. The molecule has 0 saturated carbocycles. The van der Waals surface area contributed by atoms with Gasteiger partial charge >= 0.3 is 0 Å². The minimum Gasteiger partial charge on any atom is -0.394 e. The van der Waals surface area contributed by atoms with Crippen molar-refractivity contribution in [3.05, 3.63) is 23.4 Å². The Hall–Kier alpha value is -0.290. The van der Waals surface area contributed by atoms with Gasteiger partial charge in [0.2, 0.25) is 0 Å². The van der Waals surface area contributed by atoms with Crippen LogP contribution in [0.3, 0.4) is 0 Å². The maximum Gasteiger partial charge on any atom is 0.0960 e. The maximum atomic E-state index is 9.35. The van der Waals surface area contributed by atoms with Gasteiger partial charge in [0.1, 0.15) is 0 Å². The zero-order chi connectivity index (χ0) is 12.7. The Bertz CT molecular complexity index is 334. The molecule has 0 fully saturated rings. The molecule has 0 bridgehead atoms. The topological polar surface area (TPSA) is 45.1 Å². The maximum absolute atomic E-state index is 9.35. The van der Waals surface area contributed by atoms with E-state index in [1.807, 2.05) is 26.0 Å². The summed E-state index contributed by atoms with van der Waals surface area (Å²) in [6, 6.07) is 3.75. The fourth-order valence-electron chi connectivity index (χ4n) is 1.48. The molecule has 0 aliphatic rings. The third kappa shape index (κ3) is 5.25. The molecule has 3 nitrogen and oxygen atoms in total. The first-order valence-corrected chi connectivity index (χ1v) is 7.06. The van der Waals surface area contributed by atoms with Gasteiger partial charge in [0.25, 0.3) is 0 Å². The van der Waals surface area contributed by atoms with Crippen molar-refractivity contribution in [3.8, 4) is 0 Å². The van der Waals surface area contributed by atoms with Crippen LogP contribution >= 0.6 is 23.4 Å². The number of thioether (sulfide) groups is 1. The van der Waals surface area contributed by atoms with Crippen LogP contribution in [0.2, 0.25) is 5.02 Å². The van der Waals surface area contributed by atoms with E-state index in [-0.39, 0.29) is 12.1 Å². The zero-order valence-corrected chi connectivity index (χ0v) is 11.8. The molecule has 1 heterocycles. The predicted molar refractivity (Wildman–Crippen MR) is 73.8 cm³/mol. The van der Waals surface area contributed by atoms with E-state index in [1.54, 1.807) is 18.0 Å². The number of halogens is 1. The summed E-state index contributed by atoms with van der Waals surface area (Å²) in [6.45, 7) is 5.09. The van der Waals surface area contributed by atoms with Crippen molar-refractivity contribution in [1.29, 1.82) is 0 Å². The Morgan fingerprint density at radius 3 is 2.82 bits per heavy atom. The lowest BCUT2D eigenvalue weighted by Gasteiger charge is -2.28. The Morgan fingerprint density at radius 1 is 1.53 bits per heavy atom. The Balaban J connectivity index is 2.38. The average molecular weight is 275 g/mol. The van der Waals surface area contributed by atoms with Gasteiger partial charge in [-0.3, -0.25) is 0 Å². The fourth-order valence-corrected chi connectivity index (χ4v) is 2.64. The minimum absolute atomic E-state index is 0.148. The SMILES string of the molecule is CCNC(C)(CO)CCSc1ccc(Cl)cn1. The molecule has 0 radical (unpaired) electrons. The highest BCUT2D eigenvalue weighted by molar-refractivity contribution is 7.99. The molecule has 17 heavy (non-hydrogen) atoms. The minimum atomic E-state index is -0.200. The number of pyridine rings is 1. The van der Waals surface area contributed by atoms with Crippen LogP contribution < -0.4 is 5.32 Å². The Kier molecular flexibility index (Phi) is 6.27. The highest BCUT2D eigenvalue weighted by atomic mass is 35.5. The van der Waals surface area contributed by atoms with E-state index in [0.29, 0.717) is 5.02 Å². The van der Waals surface area contributed by atoms with E-state index >= 15 is 0 Å². The van der Waals surface area contributed by atoms with Gasteiger partial charge in [0, 0.05) is 17.5 Å². The van der Waals surface area contributed by atoms with E-state index in [1.165, 1.54) is 0 Å². The summed E-state index contributed by atoms with van der Waals surface area (Å²) in [5, 5.41) is 14.3. The van der Waals surface area contributed by atoms with Gasteiger partial charge < -0.3 is 10.4 Å². The molecule has 0 spiro atoms. The molecule has 2 N–H and O–H groups in total. The summed E-state index contributed by atoms with van der Waals surface area (Å²) in [7, 11) is 0. The zero-order valence-electron chi connectivity index (χ0n) is 10.2. The summed E-state index contributed by atoms with van der Waals surface area (Å²) >= 11 is 7.44. The van der Waals surface area contributed by atoms with E-state index in [9.17, 15) is 5.11 Å². The molecule has 96 valence electrons. The molecule has 0 aliphatic carbocycles. The molecule has 0 aliphatic heterocycles. The largest absolute Gasteiger partial charge is 0.394 e.